The molecule has 1 aromatic rings. The van der Waals surface area contributed by atoms with Crippen LogP contribution in [0.3, 0.4) is 0 Å². The molecule has 0 heterocycles. The average Bonchev–Trinajstić information content (AvgIpc) is 2.41. The lowest BCUT2D eigenvalue weighted by Crippen LogP contribution is -2.26. The minimum absolute atomic E-state index is 0.540. The first kappa shape index (κ1) is 15.9. The number of rotatable bonds is 9. The van der Waals surface area contributed by atoms with Crippen molar-refractivity contribution in [2.75, 3.05) is 13.2 Å². The zero-order chi connectivity index (χ0) is 14.1. The van der Waals surface area contributed by atoms with E-state index in [1.165, 1.54) is 11.1 Å². The molecule has 0 radical (unpaired) electrons. The zero-order valence-corrected chi connectivity index (χ0v) is 12.5. The number of nitrogens with one attached hydrogen (secondary N) is 1. The van der Waals surface area contributed by atoms with Crippen molar-refractivity contribution in [2.45, 2.75) is 45.8 Å². The maximum Gasteiger partial charge on any atom is 0.0717 e. The Bertz CT molecular complexity index is 356. The standard InChI is InChI=1S/C17H27NO/c1-5-6-11-19-13-16-7-9-17(10-8-16)15(4)12-18-14(2)3/h5,7-10,14-15,18H,1,6,11-13H2,2-4H3. The minimum Gasteiger partial charge on any atom is -0.376 e. The Balaban J connectivity index is 2.39. The maximum atomic E-state index is 5.56. The molecular formula is C17H27NO. The van der Waals surface area contributed by atoms with Gasteiger partial charge in [0.1, 0.15) is 0 Å². The summed E-state index contributed by atoms with van der Waals surface area (Å²) < 4.78 is 5.56. The molecule has 0 aliphatic rings. The Kier molecular flexibility index (Phi) is 7.46. The fraction of sp³-hybridized carbons (Fsp3) is 0.529. The Morgan fingerprint density at radius 1 is 1.21 bits per heavy atom. The van der Waals surface area contributed by atoms with Gasteiger partial charge in [0.25, 0.3) is 0 Å². The molecule has 1 atom stereocenters. The van der Waals surface area contributed by atoms with E-state index in [1.54, 1.807) is 0 Å². The summed E-state index contributed by atoms with van der Waals surface area (Å²) in [5, 5.41) is 3.47. The molecule has 2 heteroatoms. The third-order valence-corrected chi connectivity index (χ3v) is 3.12. The van der Waals surface area contributed by atoms with Crippen LogP contribution in [0.4, 0.5) is 0 Å². The Labute approximate surface area is 117 Å². The maximum absolute atomic E-state index is 5.56. The fourth-order valence-corrected chi connectivity index (χ4v) is 1.83. The second kappa shape index (κ2) is 8.89. The van der Waals surface area contributed by atoms with Gasteiger partial charge in [0, 0.05) is 12.6 Å². The SMILES string of the molecule is C=CCCOCc1ccc(C(C)CNC(C)C)cc1. The van der Waals surface area contributed by atoms with Crippen molar-refractivity contribution in [3.63, 3.8) is 0 Å². The van der Waals surface area contributed by atoms with E-state index in [2.05, 4.69) is 56.9 Å². The van der Waals surface area contributed by atoms with Gasteiger partial charge in [-0.15, -0.1) is 6.58 Å². The van der Waals surface area contributed by atoms with Gasteiger partial charge in [0.05, 0.1) is 13.2 Å². The van der Waals surface area contributed by atoms with Crippen LogP contribution in [0, 0.1) is 0 Å². The first-order chi connectivity index (χ1) is 9.13. The van der Waals surface area contributed by atoms with E-state index in [0.717, 1.165) is 19.6 Å². The molecule has 0 saturated carbocycles. The molecule has 2 nitrogen and oxygen atoms in total. The summed E-state index contributed by atoms with van der Waals surface area (Å²) >= 11 is 0. The molecule has 0 bridgehead atoms. The van der Waals surface area contributed by atoms with Crippen LogP contribution in [-0.4, -0.2) is 19.2 Å². The summed E-state index contributed by atoms with van der Waals surface area (Å²) in [7, 11) is 0. The highest BCUT2D eigenvalue weighted by Crippen LogP contribution is 2.15. The van der Waals surface area contributed by atoms with E-state index in [4.69, 9.17) is 4.74 Å². The summed E-state index contributed by atoms with van der Waals surface area (Å²) in [6.07, 6.45) is 2.79. The topological polar surface area (TPSA) is 21.3 Å². The van der Waals surface area contributed by atoms with E-state index in [-0.39, 0.29) is 0 Å². The van der Waals surface area contributed by atoms with Crippen molar-refractivity contribution in [1.82, 2.24) is 5.32 Å². The Hall–Kier alpha value is -1.12. The molecule has 106 valence electrons. The molecular weight excluding hydrogens is 234 g/mol. The molecule has 1 aromatic carbocycles. The van der Waals surface area contributed by atoms with Crippen molar-refractivity contribution >= 4 is 0 Å². The molecule has 0 aliphatic carbocycles. The number of hydrogen-bond acceptors (Lipinski definition) is 2. The lowest BCUT2D eigenvalue weighted by molar-refractivity contribution is 0.125. The first-order valence-electron chi connectivity index (χ1n) is 7.14. The van der Waals surface area contributed by atoms with Crippen LogP contribution in [0.5, 0.6) is 0 Å². The van der Waals surface area contributed by atoms with Crippen molar-refractivity contribution in [2.24, 2.45) is 0 Å². The highest BCUT2D eigenvalue weighted by atomic mass is 16.5. The lowest BCUT2D eigenvalue weighted by Gasteiger charge is -2.15. The average molecular weight is 261 g/mol. The van der Waals surface area contributed by atoms with E-state index in [9.17, 15) is 0 Å². The van der Waals surface area contributed by atoms with Crippen molar-refractivity contribution < 1.29 is 4.74 Å². The van der Waals surface area contributed by atoms with Gasteiger partial charge >= 0.3 is 0 Å². The van der Waals surface area contributed by atoms with Gasteiger partial charge < -0.3 is 10.1 Å². The third kappa shape index (κ3) is 6.55. The van der Waals surface area contributed by atoms with Crippen molar-refractivity contribution in [3.05, 3.63) is 48.0 Å². The van der Waals surface area contributed by atoms with Crippen molar-refractivity contribution in [1.29, 1.82) is 0 Å². The van der Waals surface area contributed by atoms with Gasteiger partial charge in [-0.2, -0.15) is 0 Å². The zero-order valence-electron chi connectivity index (χ0n) is 12.5. The summed E-state index contributed by atoms with van der Waals surface area (Å²) in [6.45, 7) is 12.7. The fourth-order valence-electron chi connectivity index (χ4n) is 1.83. The van der Waals surface area contributed by atoms with Crippen LogP contribution < -0.4 is 5.32 Å². The van der Waals surface area contributed by atoms with Gasteiger partial charge in [0.15, 0.2) is 0 Å². The summed E-state index contributed by atoms with van der Waals surface area (Å²) in [6, 6.07) is 9.28. The highest BCUT2D eigenvalue weighted by molar-refractivity contribution is 5.24. The van der Waals surface area contributed by atoms with Gasteiger partial charge in [-0.1, -0.05) is 51.1 Å². The van der Waals surface area contributed by atoms with Crippen LogP contribution in [0.15, 0.2) is 36.9 Å². The lowest BCUT2D eigenvalue weighted by atomic mass is 9.99. The molecule has 0 amide bonds. The van der Waals surface area contributed by atoms with Crippen LogP contribution >= 0.6 is 0 Å². The highest BCUT2D eigenvalue weighted by Gasteiger charge is 2.05. The van der Waals surface area contributed by atoms with Crippen LogP contribution in [0.25, 0.3) is 0 Å². The molecule has 1 N–H and O–H groups in total. The normalized spacial score (nSPS) is 12.6. The van der Waals surface area contributed by atoms with E-state index in [1.807, 2.05) is 6.08 Å². The molecule has 0 saturated heterocycles. The van der Waals surface area contributed by atoms with Gasteiger partial charge in [-0.05, 0) is 23.5 Å². The van der Waals surface area contributed by atoms with Crippen LogP contribution in [0.1, 0.15) is 44.2 Å². The molecule has 1 rings (SSSR count). The van der Waals surface area contributed by atoms with Crippen molar-refractivity contribution in [3.8, 4) is 0 Å². The minimum atomic E-state index is 0.540. The third-order valence-electron chi connectivity index (χ3n) is 3.12. The quantitative estimate of drug-likeness (QED) is 0.538. The Morgan fingerprint density at radius 3 is 2.47 bits per heavy atom. The second-order valence-corrected chi connectivity index (χ2v) is 5.34. The van der Waals surface area contributed by atoms with E-state index in [0.29, 0.717) is 18.6 Å². The van der Waals surface area contributed by atoms with E-state index < -0.39 is 0 Å². The number of hydrogen-bond donors (Lipinski definition) is 1. The molecule has 1 unspecified atom stereocenters. The van der Waals surface area contributed by atoms with E-state index >= 15 is 0 Å². The molecule has 0 spiro atoms. The molecule has 0 fully saturated rings. The number of ether oxygens (including phenoxy) is 1. The second-order valence-electron chi connectivity index (χ2n) is 5.34. The summed E-state index contributed by atoms with van der Waals surface area (Å²) in [5.41, 5.74) is 2.61. The van der Waals surface area contributed by atoms with Gasteiger partial charge in [0.2, 0.25) is 0 Å². The van der Waals surface area contributed by atoms with Crippen LogP contribution in [0.2, 0.25) is 0 Å². The molecule has 19 heavy (non-hydrogen) atoms. The summed E-state index contributed by atoms with van der Waals surface area (Å²) in [5.74, 6) is 0.540. The summed E-state index contributed by atoms with van der Waals surface area (Å²) in [4.78, 5) is 0. The van der Waals surface area contributed by atoms with Crippen LogP contribution in [-0.2, 0) is 11.3 Å². The largest absolute Gasteiger partial charge is 0.376 e. The molecule has 0 aromatic heterocycles. The smallest absolute Gasteiger partial charge is 0.0717 e. The number of benzene rings is 1. The predicted octanol–water partition coefficient (Wildman–Crippen LogP) is 3.88. The Morgan fingerprint density at radius 2 is 1.89 bits per heavy atom. The predicted molar refractivity (Wildman–Crippen MR) is 82.5 cm³/mol. The molecule has 0 aliphatic heterocycles. The first-order valence-corrected chi connectivity index (χ1v) is 7.14. The monoisotopic (exact) mass is 261 g/mol. The van der Waals surface area contributed by atoms with Gasteiger partial charge in [-0.3, -0.25) is 0 Å². The van der Waals surface area contributed by atoms with Gasteiger partial charge in [-0.25, -0.2) is 0 Å².